The Kier molecular flexibility index (Phi) is 2.50. The molecule has 2 N–H and O–H groups in total. The molecule has 0 fully saturated rings. The van der Waals surface area contributed by atoms with Gasteiger partial charge in [-0.25, -0.2) is 0 Å². The highest BCUT2D eigenvalue weighted by Gasteiger charge is 2.36. The number of benzene rings is 2. The third kappa shape index (κ3) is 1.53. The first kappa shape index (κ1) is 12.3. The van der Waals surface area contributed by atoms with Crippen molar-refractivity contribution in [2.24, 2.45) is 12.8 Å². The van der Waals surface area contributed by atoms with Crippen LogP contribution in [0.25, 0.3) is 10.9 Å². The summed E-state index contributed by atoms with van der Waals surface area (Å²) in [4.78, 5) is 4.33. The molecule has 0 aliphatic carbocycles. The molecule has 1 unspecified atom stereocenters. The van der Waals surface area contributed by atoms with E-state index in [0.717, 1.165) is 11.5 Å². The van der Waals surface area contributed by atoms with E-state index in [-0.39, 0.29) is 6.29 Å². The van der Waals surface area contributed by atoms with Gasteiger partial charge in [0, 0.05) is 25.2 Å². The molecule has 0 radical (unpaired) electrons. The molecule has 2 aromatic carbocycles. The van der Waals surface area contributed by atoms with E-state index in [9.17, 15) is 0 Å². The van der Waals surface area contributed by atoms with Crippen molar-refractivity contribution in [1.82, 2.24) is 4.57 Å². The van der Waals surface area contributed by atoms with Gasteiger partial charge in [0.1, 0.15) is 5.82 Å². The largest absolute Gasteiger partial charge is 0.338 e. The van der Waals surface area contributed by atoms with Crippen molar-refractivity contribution >= 4 is 28.1 Å². The summed E-state index contributed by atoms with van der Waals surface area (Å²) in [7, 11) is 4.15. The fourth-order valence-electron chi connectivity index (χ4n) is 3.28. The molecule has 1 aliphatic heterocycles. The van der Waals surface area contributed by atoms with Crippen LogP contribution in [-0.2, 0) is 7.05 Å². The number of hydrogen-bond acceptors (Lipinski definition) is 3. The molecule has 106 valence electrons. The molecule has 4 rings (SSSR count). The number of anilines is 3. The summed E-state index contributed by atoms with van der Waals surface area (Å²) in [5, 5.41) is 1.24. The Morgan fingerprint density at radius 3 is 2.33 bits per heavy atom. The normalized spacial score (nSPS) is 17.6. The van der Waals surface area contributed by atoms with Gasteiger partial charge in [-0.1, -0.05) is 36.4 Å². The predicted octanol–water partition coefficient (Wildman–Crippen LogP) is 3.01. The molecule has 1 atom stereocenters. The van der Waals surface area contributed by atoms with Crippen LogP contribution in [0.5, 0.6) is 0 Å². The van der Waals surface area contributed by atoms with Crippen LogP contribution in [0.4, 0.5) is 17.2 Å². The highest BCUT2D eigenvalue weighted by atomic mass is 15.5. The summed E-state index contributed by atoms with van der Waals surface area (Å²) >= 11 is 0. The first-order valence-electron chi connectivity index (χ1n) is 7.10. The Morgan fingerprint density at radius 1 is 0.905 bits per heavy atom. The molecule has 2 heterocycles. The summed E-state index contributed by atoms with van der Waals surface area (Å²) in [6, 6.07) is 18.8. The van der Waals surface area contributed by atoms with E-state index in [2.05, 4.69) is 64.9 Å². The lowest BCUT2D eigenvalue weighted by atomic mass is 10.2. The molecule has 0 bridgehead atoms. The van der Waals surface area contributed by atoms with Crippen LogP contribution in [0.2, 0.25) is 0 Å². The van der Waals surface area contributed by atoms with Crippen LogP contribution in [0, 0.1) is 0 Å². The molecular weight excluding hydrogens is 260 g/mol. The highest BCUT2D eigenvalue weighted by Crippen LogP contribution is 2.47. The zero-order valence-corrected chi connectivity index (χ0v) is 12.2. The van der Waals surface area contributed by atoms with E-state index in [1.807, 2.05) is 18.2 Å². The molecule has 0 spiro atoms. The van der Waals surface area contributed by atoms with Crippen LogP contribution < -0.4 is 15.5 Å². The summed E-state index contributed by atoms with van der Waals surface area (Å²) in [6.45, 7) is 0. The van der Waals surface area contributed by atoms with Gasteiger partial charge in [0.25, 0.3) is 0 Å². The van der Waals surface area contributed by atoms with Crippen molar-refractivity contribution in [3.63, 3.8) is 0 Å². The average molecular weight is 278 g/mol. The smallest absolute Gasteiger partial charge is 0.160 e. The molecule has 4 nitrogen and oxygen atoms in total. The molecule has 3 aromatic rings. The Morgan fingerprint density at radius 2 is 1.57 bits per heavy atom. The van der Waals surface area contributed by atoms with Crippen molar-refractivity contribution in [3.05, 3.63) is 54.6 Å². The second kappa shape index (κ2) is 4.27. The number of rotatable bonds is 1. The van der Waals surface area contributed by atoms with Crippen LogP contribution in [0.3, 0.4) is 0 Å². The monoisotopic (exact) mass is 278 g/mol. The minimum Gasteiger partial charge on any atom is -0.338 e. The molecule has 0 saturated carbocycles. The van der Waals surface area contributed by atoms with E-state index in [1.165, 1.54) is 16.6 Å². The standard InChI is InChI=1S/C17H18N4/c1-19-14-11-7-6-10-13(14)15-16(19)21(17(18)20(15)2)12-8-4-3-5-9-12/h3-11,17H,18H2,1-2H3. The molecule has 4 heteroatoms. The van der Waals surface area contributed by atoms with Gasteiger partial charge in [0.15, 0.2) is 6.29 Å². The number of nitrogens with zero attached hydrogens (tertiary/aromatic N) is 3. The first-order valence-corrected chi connectivity index (χ1v) is 7.10. The number of hydrogen-bond donors (Lipinski definition) is 1. The van der Waals surface area contributed by atoms with E-state index in [1.54, 1.807) is 0 Å². The minimum absolute atomic E-state index is 0.187. The van der Waals surface area contributed by atoms with Crippen molar-refractivity contribution in [3.8, 4) is 0 Å². The maximum Gasteiger partial charge on any atom is 0.160 e. The van der Waals surface area contributed by atoms with E-state index in [4.69, 9.17) is 5.73 Å². The molecule has 21 heavy (non-hydrogen) atoms. The number of fused-ring (bicyclic) bond motifs is 3. The van der Waals surface area contributed by atoms with Crippen LogP contribution in [0.1, 0.15) is 0 Å². The quantitative estimate of drug-likeness (QED) is 0.743. The van der Waals surface area contributed by atoms with Gasteiger partial charge in [-0.15, -0.1) is 0 Å². The summed E-state index contributed by atoms with van der Waals surface area (Å²) in [6.07, 6.45) is -0.187. The van der Waals surface area contributed by atoms with Crippen molar-refractivity contribution in [1.29, 1.82) is 0 Å². The second-order valence-electron chi connectivity index (χ2n) is 5.48. The maximum absolute atomic E-state index is 6.45. The van der Waals surface area contributed by atoms with E-state index >= 15 is 0 Å². The predicted molar refractivity (Wildman–Crippen MR) is 87.9 cm³/mol. The van der Waals surface area contributed by atoms with Gasteiger partial charge in [0.2, 0.25) is 0 Å². The Bertz CT molecular complexity index is 806. The SMILES string of the molecule is CN1c2c(n(C)c3ccccc23)N(c2ccccc2)C1N. The lowest BCUT2D eigenvalue weighted by Gasteiger charge is -2.28. The van der Waals surface area contributed by atoms with Crippen molar-refractivity contribution in [2.45, 2.75) is 6.29 Å². The van der Waals surface area contributed by atoms with Crippen molar-refractivity contribution < 1.29 is 0 Å². The third-order valence-electron chi connectivity index (χ3n) is 4.33. The molecular formula is C17H18N4. The number of para-hydroxylation sites is 2. The molecule has 1 aromatic heterocycles. The molecule has 0 saturated heterocycles. The fraction of sp³-hybridized carbons (Fsp3) is 0.176. The average Bonchev–Trinajstić information content (AvgIpc) is 2.95. The number of nitrogens with two attached hydrogens (primary N) is 1. The molecule has 1 aliphatic rings. The maximum atomic E-state index is 6.45. The number of aryl methyl sites for hydroxylation is 1. The van der Waals surface area contributed by atoms with Crippen molar-refractivity contribution in [2.75, 3.05) is 16.8 Å². The van der Waals surface area contributed by atoms with Gasteiger partial charge in [0.05, 0.1) is 11.2 Å². The number of aromatic nitrogens is 1. The Hall–Kier alpha value is -2.46. The third-order valence-corrected chi connectivity index (χ3v) is 4.33. The Balaban J connectivity index is 2.03. The lowest BCUT2D eigenvalue weighted by Crippen LogP contribution is -2.46. The van der Waals surface area contributed by atoms with Gasteiger partial charge in [-0.05, 0) is 18.2 Å². The lowest BCUT2D eigenvalue weighted by molar-refractivity contribution is 0.691. The van der Waals surface area contributed by atoms with Gasteiger partial charge in [-0.3, -0.25) is 10.6 Å². The first-order chi connectivity index (χ1) is 10.2. The molecule has 0 amide bonds. The topological polar surface area (TPSA) is 37.4 Å². The van der Waals surface area contributed by atoms with Gasteiger partial charge >= 0.3 is 0 Å². The van der Waals surface area contributed by atoms with Crippen LogP contribution in [-0.4, -0.2) is 17.9 Å². The van der Waals surface area contributed by atoms with E-state index < -0.39 is 0 Å². The summed E-state index contributed by atoms with van der Waals surface area (Å²) < 4.78 is 2.22. The zero-order valence-electron chi connectivity index (χ0n) is 12.2. The summed E-state index contributed by atoms with van der Waals surface area (Å²) in [5.74, 6) is 1.15. The highest BCUT2D eigenvalue weighted by molar-refractivity contribution is 6.04. The zero-order chi connectivity index (χ0) is 14.6. The second-order valence-corrected chi connectivity index (χ2v) is 5.48. The van der Waals surface area contributed by atoms with Crippen LogP contribution >= 0.6 is 0 Å². The Labute approximate surface area is 124 Å². The summed E-state index contributed by atoms with van der Waals surface area (Å²) in [5.41, 5.74) is 9.98. The fourth-order valence-corrected chi connectivity index (χ4v) is 3.28. The van der Waals surface area contributed by atoms with Crippen LogP contribution in [0.15, 0.2) is 54.6 Å². The van der Waals surface area contributed by atoms with E-state index in [0.29, 0.717) is 0 Å². The minimum atomic E-state index is -0.187. The van der Waals surface area contributed by atoms with Gasteiger partial charge < -0.3 is 9.47 Å². The van der Waals surface area contributed by atoms with Gasteiger partial charge in [-0.2, -0.15) is 0 Å².